The molecule has 4 heteroatoms. The normalized spacial score (nSPS) is 16.3. The number of piperazine rings is 1. The van der Waals surface area contributed by atoms with Crippen LogP contribution in [0.15, 0.2) is 40.8 Å². The van der Waals surface area contributed by atoms with Crippen LogP contribution in [-0.2, 0) is 0 Å². The Labute approximate surface area is 135 Å². The van der Waals surface area contributed by atoms with Crippen LogP contribution in [0.1, 0.15) is 16.1 Å². The maximum atomic E-state index is 12.8. The molecule has 1 aliphatic heterocycles. The first-order valence-corrected chi connectivity index (χ1v) is 8.04. The van der Waals surface area contributed by atoms with E-state index in [9.17, 15) is 4.79 Å². The lowest BCUT2D eigenvalue weighted by Gasteiger charge is -2.31. The standard InChI is InChI=1S/C19H20N2O2/c1-13-15-8-7-14-5-3-4-6-16(14)18(15)23-17(13)19(22)21-11-9-20(2)10-12-21/h3-8H,9-12H2,1-2H3. The number of amides is 1. The van der Waals surface area contributed by atoms with E-state index in [1.54, 1.807) is 0 Å². The highest BCUT2D eigenvalue weighted by atomic mass is 16.3. The highest BCUT2D eigenvalue weighted by molar-refractivity contribution is 6.08. The zero-order valence-electron chi connectivity index (χ0n) is 13.5. The van der Waals surface area contributed by atoms with Crippen LogP contribution >= 0.6 is 0 Å². The number of fused-ring (bicyclic) bond motifs is 3. The van der Waals surface area contributed by atoms with E-state index in [4.69, 9.17) is 4.42 Å². The van der Waals surface area contributed by atoms with Gasteiger partial charge in [-0.1, -0.05) is 36.4 Å². The molecule has 0 radical (unpaired) electrons. The minimum absolute atomic E-state index is 0.0101. The molecule has 118 valence electrons. The number of aryl methyl sites for hydroxylation is 1. The molecular formula is C19H20N2O2. The average molecular weight is 308 g/mol. The van der Waals surface area contributed by atoms with Gasteiger partial charge in [0.2, 0.25) is 0 Å². The maximum absolute atomic E-state index is 12.8. The third-order valence-electron chi connectivity index (χ3n) is 4.81. The molecule has 0 aliphatic carbocycles. The molecular weight excluding hydrogens is 288 g/mol. The Hall–Kier alpha value is -2.33. The summed E-state index contributed by atoms with van der Waals surface area (Å²) in [7, 11) is 2.08. The van der Waals surface area contributed by atoms with Crippen molar-refractivity contribution in [3.05, 3.63) is 47.7 Å². The lowest BCUT2D eigenvalue weighted by molar-refractivity contribution is 0.0634. The van der Waals surface area contributed by atoms with E-state index in [0.29, 0.717) is 5.76 Å². The monoisotopic (exact) mass is 308 g/mol. The third-order valence-corrected chi connectivity index (χ3v) is 4.81. The van der Waals surface area contributed by atoms with Crippen molar-refractivity contribution in [1.29, 1.82) is 0 Å². The van der Waals surface area contributed by atoms with Gasteiger partial charge < -0.3 is 14.2 Å². The molecule has 0 atom stereocenters. The van der Waals surface area contributed by atoms with E-state index < -0.39 is 0 Å². The van der Waals surface area contributed by atoms with Crippen molar-refractivity contribution in [2.24, 2.45) is 0 Å². The van der Waals surface area contributed by atoms with Gasteiger partial charge >= 0.3 is 0 Å². The molecule has 1 aliphatic rings. The molecule has 4 nitrogen and oxygen atoms in total. The molecule has 0 saturated carbocycles. The largest absolute Gasteiger partial charge is 0.450 e. The number of likely N-dealkylation sites (N-methyl/N-ethyl adjacent to an activating group) is 1. The number of benzene rings is 2. The summed E-state index contributed by atoms with van der Waals surface area (Å²) < 4.78 is 6.05. The highest BCUT2D eigenvalue weighted by Crippen LogP contribution is 2.32. The van der Waals surface area contributed by atoms with Crippen LogP contribution in [0.25, 0.3) is 21.7 Å². The fourth-order valence-corrected chi connectivity index (χ4v) is 3.31. The van der Waals surface area contributed by atoms with Gasteiger partial charge in [0.15, 0.2) is 5.76 Å². The van der Waals surface area contributed by atoms with Crippen molar-refractivity contribution in [1.82, 2.24) is 9.80 Å². The van der Waals surface area contributed by atoms with Gasteiger partial charge in [-0.25, -0.2) is 0 Å². The fourth-order valence-electron chi connectivity index (χ4n) is 3.31. The Balaban J connectivity index is 1.80. The van der Waals surface area contributed by atoms with E-state index in [2.05, 4.69) is 30.1 Å². The number of rotatable bonds is 1. The van der Waals surface area contributed by atoms with E-state index in [-0.39, 0.29) is 5.91 Å². The fraction of sp³-hybridized carbons (Fsp3) is 0.316. The zero-order valence-corrected chi connectivity index (χ0v) is 13.5. The van der Waals surface area contributed by atoms with Gasteiger partial charge in [-0.2, -0.15) is 0 Å². The molecule has 0 spiro atoms. The SMILES string of the molecule is Cc1c(C(=O)N2CCN(C)CC2)oc2c1ccc1ccccc12. The number of hydrogen-bond donors (Lipinski definition) is 0. The summed E-state index contributed by atoms with van der Waals surface area (Å²) in [6.07, 6.45) is 0. The van der Waals surface area contributed by atoms with E-state index in [1.807, 2.05) is 30.0 Å². The predicted octanol–water partition coefficient (Wildman–Crippen LogP) is 3.28. The van der Waals surface area contributed by atoms with Crippen LogP contribution in [0.5, 0.6) is 0 Å². The van der Waals surface area contributed by atoms with Gasteiger partial charge in [0.25, 0.3) is 5.91 Å². The Kier molecular flexibility index (Phi) is 3.34. The summed E-state index contributed by atoms with van der Waals surface area (Å²) in [5.74, 6) is 0.497. The topological polar surface area (TPSA) is 36.7 Å². The van der Waals surface area contributed by atoms with Crippen molar-refractivity contribution >= 4 is 27.6 Å². The minimum Gasteiger partial charge on any atom is -0.450 e. The first kappa shape index (κ1) is 14.3. The Morgan fingerprint density at radius 3 is 2.52 bits per heavy atom. The molecule has 1 saturated heterocycles. The van der Waals surface area contributed by atoms with Gasteiger partial charge in [-0.05, 0) is 19.4 Å². The zero-order chi connectivity index (χ0) is 16.0. The second kappa shape index (κ2) is 5.39. The highest BCUT2D eigenvalue weighted by Gasteiger charge is 2.26. The Morgan fingerprint density at radius 2 is 1.74 bits per heavy atom. The molecule has 1 aromatic heterocycles. The molecule has 2 heterocycles. The molecule has 23 heavy (non-hydrogen) atoms. The average Bonchev–Trinajstić information content (AvgIpc) is 2.92. The molecule has 4 rings (SSSR count). The number of hydrogen-bond acceptors (Lipinski definition) is 3. The van der Waals surface area contributed by atoms with Crippen LogP contribution in [0.2, 0.25) is 0 Å². The van der Waals surface area contributed by atoms with Crippen LogP contribution < -0.4 is 0 Å². The van der Waals surface area contributed by atoms with Gasteiger partial charge in [0.05, 0.1) is 0 Å². The van der Waals surface area contributed by atoms with Gasteiger partial charge in [0, 0.05) is 42.5 Å². The van der Waals surface area contributed by atoms with Gasteiger partial charge in [0.1, 0.15) is 5.58 Å². The summed E-state index contributed by atoms with van der Waals surface area (Å²) in [6.45, 7) is 5.31. The quantitative estimate of drug-likeness (QED) is 0.692. The smallest absolute Gasteiger partial charge is 0.289 e. The third kappa shape index (κ3) is 2.30. The lowest BCUT2D eigenvalue weighted by Crippen LogP contribution is -2.47. The van der Waals surface area contributed by atoms with Crippen LogP contribution in [0.3, 0.4) is 0 Å². The van der Waals surface area contributed by atoms with Gasteiger partial charge in [-0.15, -0.1) is 0 Å². The molecule has 0 N–H and O–H groups in total. The summed E-state index contributed by atoms with van der Waals surface area (Å²) in [5.41, 5.74) is 1.76. The summed E-state index contributed by atoms with van der Waals surface area (Å²) in [4.78, 5) is 17.0. The number of furan rings is 1. The second-order valence-electron chi connectivity index (χ2n) is 6.32. The van der Waals surface area contributed by atoms with Crippen molar-refractivity contribution < 1.29 is 9.21 Å². The second-order valence-corrected chi connectivity index (χ2v) is 6.32. The van der Waals surface area contributed by atoms with Crippen LogP contribution in [-0.4, -0.2) is 48.9 Å². The predicted molar refractivity (Wildman–Crippen MR) is 91.9 cm³/mol. The lowest BCUT2D eigenvalue weighted by atomic mass is 10.1. The number of nitrogens with zero attached hydrogens (tertiary/aromatic N) is 2. The first-order valence-electron chi connectivity index (χ1n) is 8.04. The van der Waals surface area contributed by atoms with Crippen molar-refractivity contribution in [3.8, 4) is 0 Å². The molecule has 3 aromatic rings. The molecule has 2 aromatic carbocycles. The van der Waals surface area contributed by atoms with E-state index in [0.717, 1.165) is 53.5 Å². The molecule has 1 fully saturated rings. The number of carbonyl (C=O) groups is 1. The van der Waals surface area contributed by atoms with Gasteiger partial charge in [-0.3, -0.25) is 4.79 Å². The summed E-state index contributed by atoms with van der Waals surface area (Å²) in [5, 5.41) is 3.22. The van der Waals surface area contributed by atoms with Crippen LogP contribution in [0, 0.1) is 6.92 Å². The molecule has 0 unspecified atom stereocenters. The Bertz CT molecular complexity index is 889. The molecule has 0 bridgehead atoms. The van der Waals surface area contributed by atoms with E-state index >= 15 is 0 Å². The summed E-state index contributed by atoms with van der Waals surface area (Å²) in [6, 6.07) is 12.3. The van der Waals surface area contributed by atoms with Crippen molar-refractivity contribution in [2.75, 3.05) is 33.2 Å². The maximum Gasteiger partial charge on any atom is 0.289 e. The first-order chi connectivity index (χ1) is 11.1. The summed E-state index contributed by atoms with van der Waals surface area (Å²) >= 11 is 0. The van der Waals surface area contributed by atoms with Crippen LogP contribution in [0.4, 0.5) is 0 Å². The van der Waals surface area contributed by atoms with E-state index in [1.165, 1.54) is 0 Å². The minimum atomic E-state index is 0.0101. The Morgan fingerprint density at radius 1 is 1.00 bits per heavy atom. The number of carbonyl (C=O) groups excluding carboxylic acids is 1. The van der Waals surface area contributed by atoms with Crippen molar-refractivity contribution in [3.63, 3.8) is 0 Å². The molecule has 1 amide bonds. The van der Waals surface area contributed by atoms with Crippen molar-refractivity contribution in [2.45, 2.75) is 6.92 Å².